The van der Waals surface area contributed by atoms with Crippen molar-refractivity contribution < 1.29 is 14.3 Å². The largest absolute Gasteiger partial charge is 0.465 e. The van der Waals surface area contributed by atoms with Crippen LogP contribution >= 0.6 is 0 Å². The Morgan fingerprint density at radius 2 is 2.26 bits per heavy atom. The molecule has 4 nitrogen and oxygen atoms in total. The number of benzene rings is 1. The van der Waals surface area contributed by atoms with Crippen LogP contribution in [0.3, 0.4) is 0 Å². The summed E-state index contributed by atoms with van der Waals surface area (Å²) in [4.78, 5) is 11.6. The summed E-state index contributed by atoms with van der Waals surface area (Å²) >= 11 is 0. The summed E-state index contributed by atoms with van der Waals surface area (Å²) in [6, 6.07) is 7.42. The lowest BCUT2D eigenvalue weighted by Crippen LogP contribution is -2.32. The number of nitrogens with one attached hydrogen (secondary N) is 1. The van der Waals surface area contributed by atoms with Crippen molar-refractivity contribution in [1.82, 2.24) is 5.32 Å². The molecule has 1 atom stereocenters. The number of rotatable bonds is 5. The lowest BCUT2D eigenvalue weighted by atomic mass is 10.0. The quantitative estimate of drug-likeness (QED) is 0.825. The van der Waals surface area contributed by atoms with Crippen molar-refractivity contribution in [2.45, 2.75) is 19.4 Å². The number of hydrogen-bond donors (Lipinski definition) is 1. The molecule has 104 valence electrons. The molecular formula is C15H21NO3. The number of methoxy groups -OCH3 is 1. The van der Waals surface area contributed by atoms with Gasteiger partial charge in [-0.3, -0.25) is 0 Å². The second-order valence-corrected chi connectivity index (χ2v) is 4.88. The van der Waals surface area contributed by atoms with Gasteiger partial charge in [-0.1, -0.05) is 18.2 Å². The van der Waals surface area contributed by atoms with Gasteiger partial charge in [-0.25, -0.2) is 4.79 Å². The van der Waals surface area contributed by atoms with Gasteiger partial charge in [0.05, 0.1) is 25.9 Å². The lowest BCUT2D eigenvalue weighted by Gasteiger charge is -2.22. The lowest BCUT2D eigenvalue weighted by molar-refractivity contribution is 0.0580. The van der Waals surface area contributed by atoms with Crippen molar-refractivity contribution in [2.75, 3.05) is 26.8 Å². The zero-order chi connectivity index (χ0) is 13.5. The van der Waals surface area contributed by atoms with Crippen LogP contribution in [-0.4, -0.2) is 32.8 Å². The second kappa shape index (κ2) is 7.26. The molecule has 0 unspecified atom stereocenters. The molecule has 1 aromatic carbocycles. The van der Waals surface area contributed by atoms with Gasteiger partial charge in [0.25, 0.3) is 0 Å². The molecule has 0 bridgehead atoms. The van der Waals surface area contributed by atoms with Crippen molar-refractivity contribution in [2.24, 2.45) is 5.92 Å². The molecule has 1 heterocycles. The van der Waals surface area contributed by atoms with Crippen LogP contribution in [0.1, 0.15) is 28.8 Å². The van der Waals surface area contributed by atoms with Crippen LogP contribution in [0.5, 0.6) is 0 Å². The van der Waals surface area contributed by atoms with E-state index in [1.54, 1.807) is 6.07 Å². The van der Waals surface area contributed by atoms with E-state index in [1.165, 1.54) is 20.0 Å². The summed E-state index contributed by atoms with van der Waals surface area (Å²) in [5.41, 5.74) is 1.48. The highest BCUT2D eigenvalue weighted by atomic mass is 16.5. The van der Waals surface area contributed by atoms with Crippen molar-refractivity contribution in [3.8, 4) is 0 Å². The fraction of sp³-hybridized carbons (Fsp3) is 0.533. The van der Waals surface area contributed by atoms with Crippen LogP contribution in [0, 0.1) is 5.92 Å². The Hall–Kier alpha value is -1.39. The number of piperidine rings is 1. The molecule has 1 N–H and O–H groups in total. The van der Waals surface area contributed by atoms with Gasteiger partial charge in [-0.15, -0.1) is 0 Å². The fourth-order valence-electron chi connectivity index (χ4n) is 2.36. The Morgan fingerprint density at radius 3 is 3.00 bits per heavy atom. The van der Waals surface area contributed by atoms with Crippen LogP contribution in [-0.2, 0) is 16.1 Å². The van der Waals surface area contributed by atoms with E-state index in [9.17, 15) is 4.79 Å². The first-order chi connectivity index (χ1) is 9.31. The molecule has 1 aliphatic rings. The van der Waals surface area contributed by atoms with Gasteiger partial charge in [-0.2, -0.15) is 0 Å². The highest BCUT2D eigenvalue weighted by molar-refractivity contribution is 5.90. The van der Waals surface area contributed by atoms with E-state index in [4.69, 9.17) is 9.47 Å². The third kappa shape index (κ3) is 4.04. The first-order valence-corrected chi connectivity index (χ1v) is 6.76. The molecule has 0 aromatic heterocycles. The van der Waals surface area contributed by atoms with E-state index in [0.717, 1.165) is 25.3 Å². The van der Waals surface area contributed by atoms with Crippen LogP contribution < -0.4 is 5.32 Å². The predicted octanol–water partition coefficient (Wildman–Crippen LogP) is 1.99. The number of esters is 1. The zero-order valence-electron chi connectivity index (χ0n) is 11.4. The van der Waals surface area contributed by atoms with Crippen molar-refractivity contribution in [3.63, 3.8) is 0 Å². The Morgan fingerprint density at radius 1 is 1.42 bits per heavy atom. The second-order valence-electron chi connectivity index (χ2n) is 4.88. The molecule has 1 fully saturated rings. The van der Waals surface area contributed by atoms with Gasteiger partial charge in [-0.05, 0) is 36.9 Å². The normalized spacial score (nSPS) is 19.1. The van der Waals surface area contributed by atoms with Crippen molar-refractivity contribution in [3.05, 3.63) is 35.4 Å². The van der Waals surface area contributed by atoms with Gasteiger partial charge >= 0.3 is 5.97 Å². The number of hydrogen-bond acceptors (Lipinski definition) is 4. The molecule has 0 saturated carbocycles. The maximum absolute atomic E-state index is 11.6. The first kappa shape index (κ1) is 14.0. The first-order valence-electron chi connectivity index (χ1n) is 6.76. The van der Waals surface area contributed by atoms with Crippen molar-refractivity contribution >= 4 is 5.97 Å². The molecule has 0 aliphatic carbocycles. The summed E-state index contributed by atoms with van der Waals surface area (Å²) in [6.07, 6.45) is 2.43. The fourth-order valence-corrected chi connectivity index (χ4v) is 2.36. The van der Waals surface area contributed by atoms with Gasteiger partial charge < -0.3 is 14.8 Å². The Bertz CT molecular complexity index is 414. The highest BCUT2D eigenvalue weighted by Gasteiger charge is 2.14. The topological polar surface area (TPSA) is 47.6 Å². The summed E-state index contributed by atoms with van der Waals surface area (Å²) < 4.78 is 10.5. The van der Waals surface area contributed by atoms with E-state index in [1.807, 2.05) is 18.2 Å². The summed E-state index contributed by atoms with van der Waals surface area (Å²) in [5.74, 6) is 0.276. The maximum Gasteiger partial charge on any atom is 0.338 e. The molecule has 19 heavy (non-hydrogen) atoms. The molecule has 1 aromatic rings. The van der Waals surface area contributed by atoms with Gasteiger partial charge in [0.1, 0.15) is 0 Å². The Kier molecular flexibility index (Phi) is 5.36. The van der Waals surface area contributed by atoms with Crippen LogP contribution in [0.25, 0.3) is 0 Å². The zero-order valence-corrected chi connectivity index (χ0v) is 11.4. The van der Waals surface area contributed by atoms with Gasteiger partial charge in [0.15, 0.2) is 0 Å². The average Bonchev–Trinajstić information content (AvgIpc) is 2.48. The number of carbonyl (C=O) groups excluding carboxylic acids is 1. The molecule has 1 aliphatic heterocycles. The smallest absolute Gasteiger partial charge is 0.338 e. The van der Waals surface area contributed by atoms with E-state index in [-0.39, 0.29) is 5.97 Å². The minimum atomic E-state index is -0.307. The third-order valence-corrected chi connectivity index (χ3v) is 3.43. The third-order valence-electron chi connectivity index (χ3n) is 3.43. The molecule has 2 rings (SSSR count). The molecular weight excluding hydrogens is 242 g/mol. The molecule has 0 spiro atoms. The monoisotopic (exact) mass is 263 g/mol. The highest BCUT2D eigenvalue weighted by Crippen LogP contribution is 2.14. The minimum Gasteiger partial charge on any atom is -0.465 e. The SMILES string of the molecule is COC(=O)c1ccccc1COC[C@@H]1CCCNC1. The average molecular weight is 263 g/mol. The van der Waals surface area contributed by atoms with E-state index in [0.29, 0.717) is 18.1 Å². The van der Waals surface area contributed by atoms with Crippen LogP contribution in [0.2, 0.25) is 0 Å². The van der Waals surface area contributed by atoms with Gasteiger partial charge in [0, 0.05) is 6.54 Å². The number of carbonyl (C=O) groups is 1. The Balaban J connectivity index is 1.86. The summed E-state index contributed by atoms with van der Waals surface area (Å²) in [7, 11) is 1.40. The van der Waals surface area contributed by atoms with Gasteiger partial charge in [0.2, 0.25) is 0 Å². The van der Waals surface area contributed by atoms with Crippen molar-refractivity contribution in [1.29, 1.82) is 0 Å². The molecule has 4 heteroatoms. The van der Waals surface area contributed by atoms with Crippen LogP contribution in [0.15, 0.2) is 24.3 Å². The standard InChI is InChI=1S/C15H21NO3/c1-18-15(17)14-7-3-2-6-13(14)11-19-10-12-5-4-8-16-9-12/h2-3,6-7,12,16H,4-5,8-11H2,1H3/t12-/m1/s1. The summed E-state index contributed by atoms with van der Waals surface area (Å²) in [6.45, 7) is 3.34. The van der Waals surface area contributed by atoms with Crippen LogP contribution in [0.4, 0.5) is 0 Å². The maximum atomic E-state index is 11.6. The summed E-state index contributed by atoms with van der Waals surface area (Å²) in [5, 5.41) is 3.37. The molecule has 0 radical (unpaired) electrons. The molecule has 0 amide bonds. The predicted molar refractivity (Wildman–Crippen MR) is 73.0 cm³/mol. The minimum absolute atomic E-state index is 0.307. The van der Waals surface area contributed by atoms with E-state index in [2.05, 4.69) is 5.32 Å². The van der Waals surface area contributed by atoms with E-state index < -0.39 is 0 Å². The Labute approximate surface area is 114 Å². The van der Waals surface area contributed by atoms with E-state index >= 15 is 0 Å². The molecule has 1 saturated heterocycles. The number of ether oxygens (including phenoxy) is 2.